The minimum Gasteiger partial charge on any atom is -0.507 e. The SMILES string of the molecule is Cc1cccc(C(=O)N2CCC(c3ccc(NC(=O)NCc4ccn5ccnc5c4)cc3)CC2)c1O. The van der Waals surface area contributed by atoms with Crippen molar-refractivity contribution in [2.24, 2.45) is 0 Å². The second-order valence-electron chi connectivity index (χ2n) is 9.19. The molecule has 1 aliphatic rings. The van der Waals surface area contributed by atoms with Gasteiger partial charge >= 0.3 is 6.03 Å². The van der Waals surface area contributed by atoms with Crippen LogP contribution in [-0.2, 0) is 6.54 Å². The lowest BCUT2D eigenvalue weighted by Gasteiger charge is -2.32. The summed E-state index contributed by atoms with van der Waals surface area (Å²) in [5.41, 5.74) is 4.80. The normalized spacial score (nSPS) is 14.1. The molecule has 2 aromatic heterocycles. The molecule has 1 saturated heterocycles. The smallest absolute Gasteiger partial charge is 0.319 e. The summed E-state index contributed by atoms with van der Waals surface area (Å²) in [5, 5.41) is 16.0. The van der Waals surface area contributed by atoms with Gasteiger partial charge in [0.15, 0.2) is 0 Å². The van der Waals surface area contributed by atoms with Gasteiger partial charge in [-0.15, -0.1) is 0 Å². The Bertz CT molecular complexity index is 1390. The molecule has 0 bridgehead atoms. The number of nitrogens with zero attached hydrogens (tertiary/aromatic N) is 3. The van der Waals surface area contributed by atoms with Crippen LogP contribution >= 0.6 is 0 Å². The molecule has 3 heterocycles. The van der Waals surface area contributed by atoms with Gasteiger partial charge in [0, 0.05) is 43.9 Å². The second kappa shape index (κ2) is 10.1. The maximum Gasteiger partial charge on any atom is 0.319 e. The molecule has 3 N–H and O–H groups in total. The molecule has 184 valence electrons. The number of hydrogen-bond donors (Lipinski definition) is 3. The van der Waals surface area contributed by atoms with E-state index < -0.39 is 0 Å². The number of aromatic hydroxyl groups is 1. The number of imidazole rings is 1. The number of piperidine rings is 1. The molecular formula is C28H29N5O3. The summed E-state index contributed by atoms with van der Waals surface area (Å²) in [7, 11) is 0. The molecule has 0 atom stereocenters. The third-order valence-corrected chi connectivity index (χ3v) is 6.81. The van der Waals surface area contributed by atoms with E-state index in [0.717, 1.165) is 29.7 Å². The van der Waals surface area contributed by atoms with E-state index in [2.05, 4.69) is 15.6 Å². The van der Waals surface area contributed by atoms with Crippen molar-refractivity contribution in [1.82, 2.24) is 19.6 Å². The van der Waals surface area contributed by atoms with Crippen molar-refractivity contribution in [1.29, 1.82) is 0 Å². The van der Waals surface area contributed by atoms with Gasteiger partial charge in [0.25, 0.3) is 5.91 Å². The number of urea groups is 1. The lowest BCUT2D eigenvalue weighted by molar-refractivity contribution is 0.0710. The van der Waals surface area contributed by atoms with Crippen molar-refractivity contribution < 1.29 is 14.7 Å². The first-order chi connectivity index (χ1) is 17.5. The fraction of sp³-hybridized carbons (Fsp3) is 0.250. The molecule has 36 heavy (non-hydrogen) atoms. The van der Waals surface area contributed by atoms with Crippen LogP contribution in [0.1, 0.15) is 45.8 Å². The number of aromatic nitrogens is 2. The Morgan fingerprint density at radius 2 is 1.83 bits per heavy atom. The van der Waals surface area contributed by atoms with Crippen LogP contribution in [0.15, 0.2) is 73.2 Å². The van der Waals surface area contributed by atoms with Crippen molar-refractivity contribution in [2.45, 2.75) is 32.2 Å². The molecule has 0 spiro atoms. The zero-order valence-electron chi connectivity index (χ0n) is 20.1. The Hall–Kier alpha value is -4.33. The van der Waals surface area contributed by atoms with Gasteiger partial charge in [-0.3, -0.25) is 4.79 Å². The van der Waals surface area contributed by atoms with E-state index in [1.54, 1.807) is 31.3 Å². The molecule has 8 heteroatoms. The van der Waals surface area contributed by atoms with E-state index in [1.165, 1.54) is 5.56 Å². The van der Waals surface area contributed by atoms with Crippen molar-refractivity contribution in [3.63, 3.8) is 0 Å². The Morgan fingerprint density at radius 3 is 2.61 bits per heavy atom. The number of phenols is 1. The first-order valence-electron chi connectivity index (χ1n) is 12.1. The van der Waals surface area contributed by atoms with Crippen LogP contribution in [0.5, 0.6) is 5.75 Å². The Balaban J connectivity index is 1.11. The van der Waals surface area contributed by atoms with Gasteiger partial charge in [-0.25, -0.2) is 9.78 Å². The maximum absolute atomic E-state index is 12.9. The maximum atomic E-state index is 12.9. The van der Waals surface area contributed by atoms with Crippen LogP contribution in [0.4, 0.5) is 10.5 Å². The zero-order valence-corrected chi connectivity index (χ0v) is 20.1. The number of aryl methyl sites for hydroxylation is 1. The highest BCUT2D eigenvalue weighted by molar-refractivity contribution is 5.97. The number of carbonyl (C=O) groups is 2. The molecule has 2 aromatic carbocycles. The molecule has 0 unspecified atom stereocenters. The van der Waals surface area contributed by atoms with E-state index in [-0.39, 0.29) is 17.7 Å². The molecule has 0 aliphatic carbocycles. The summed E-state index contributed by atoms with van der Waals surface area (Å²) in [5.74, 6) is 0.293. The number of rotatable bonds is 5. The fourth-order valence-electron chi connectivity index (χ4n) is 4.68. The van der Waals surface area contributed by atoms with E-state index >= 15 is 0 Å². The Kier molecular flexibility index (Phi) is 6.58. The van der Waals surface area contributed by atoms with Crippen LogP contribution in [0.25, 0.3) is 5.65 Å². The van der Waals surface area contributed by atoms with E-state index in [4.69, 9.17) is 0 Å². The summed E-state index contributed by atoms with van der Waals surface area (Å²) >= 11 is 0. The number of benzene rings is 2. The van der Waals surface area contributed by atoms with E-state index in [1.807, 2.05) is 58.1 Å². The van der Waals surface area contributed by atoms with Gasteiger partial charge in [0.1, 0.15) is 11.4 Å². The van der Waals surface area contributed by atoms with Gasteiger partial charge in [-0.2, -0.15) is 0 Å². The van der Waals surface area contributed by atoms with Gasteiger partial charge in [-0.1, -0.05) is 24.3 Å². The Morgan fingerprint density at radius 1 is 1.06 bits per heavy atom. The quantitative estimate of drug-likeness (QED) is 0.384. The number of anilines is 1. The van der Waals surface area contributed by atoms with Crippen LogP contribution < -0.4 is 10.6 Å². The second-order valence-corrected chi connectivity index (χ2v) is 9.19. The lowest BCUT2D eigenvalue weighted by atomic mass is 9.89. The number of amides is 3. The number of hydrogen-bond acceptors (Lipinski definition) is 4. The highest BCUT2D eigenvalue weighted by Gasteiger charge is 2.26. The molecule has 3 amide bonds. The number of para-hydroxylation sites is 1. The molecule has 8 nitrogen and oxygen atoms in total. The summed E-state index contributed by atoms with van der Waals surface area (Å²) in [4.78, 5) is 31.3. The third-order valence-electron chi connectivity index (χ3n) is 6.81. The van der Waals surface area contributed by atoms with Gasteiger partial charge in [0.05, 0.1) is 5.56 Å². The summed E-state index contributed by atoms with van der Waals surface area (Å²) < 4.78 is 1.92. The van der Waals surface area contributed by atoms with Crippen molar-refractivity contribution in [3.8, 4) is 5.75 Å². The van der Waals surface area contributed by atoms with E-state index in [9.17, 15) is 14.7 Å². The molecule has 1 fully saturated rings. The van der Waals surface area contributed by atoms with Crippen molar-refractivity contribution in [2.75, 3.05) is 18.4 Å². The molecule has 4 aromatic rings. The predicted molar refractivity (Wildman–Crippen MR) is 138 cm³/mol. The minimum absolute atomic E-state index is 0.0656. The van der Waals surface area contributed by atoms with Gasteiger partial charge in [-0.05, 0) is 72.7 Å². The molecular weight excluding hydrogens is 454 g/mol. The molecule has 1 aliphatic heterocycles. The van der Waals surface area contributed by atoms with Crippen LogP contribution in [0, 0.1) is 6.92 Å². The number of fused-ring (bicyclic) bond motifs is 1. The first-order valence-corrected chi connectivity index (χ1v) is 12.1. The number of carbonyl (C=O) groups excluding carboxylic acids is 2. The van der Waals surface area contributed by atoms with Crippen molar-refractivity contribution in [3.05, 3.63) is 95.4 Å². The number of pyridine rings is 1. The number of likely N-dealkylation sites (tertiary alicyclic amines) is 1. The first kappa shape index (κ1) is 23.4. The average molecular weight is 484 g/mol. The van der Waals surface area contributed by atoms with Gasteiger partial charge in [0.2, 0.25) is 0 Å². The van der Waals surface area contributed by atoms with Crippen molar-refractivity contribution >= 4 is 23.3 Å². The monoisotopic (exact) mass is 483 g/mol. The highest BCUT2D eigenvalue weighted by Crippen LogP contribution is 2.31. The molecule has 0 saturated carbocycles. The number of phenolic OH excluding ortho intramolecular Hbond substituents is 1. The largest absolute Gasteiger partial charge is 0.507 e. The summed E-state index contributed by atoms with van der Waals surface area (Å²) in [6, 6.07) is 16.8. The van der Waals surface area contributed by atoms with Crippen LogP contribution in [0.2, 0.25) is 0 Å². The number of nitrogens with one attached hydrogen (secondary N) is 2. The van der Waals surface area contributed by atoms with Gasteiger partial charge < -0.3 is 25.0 Å². The average Bonchev–Trinajstić information content (AvgIpc) is 3.37. The standard InChI is InChI=1S/C28H29N5O3/c1-19-3-2-4-24(26(19)34)27(35)33-14-10-22(11-15-33)21-5-7-23(8-6-21)31-28(36)30-18-20-9-13-32-16-12-29-25(32)17-20/h2-9,12-13,16-17,22,34H,10-11,14-15,18H2,1H3,(H2,30,31,36). The predicted octanol–water partition coefficient (Wildman–Crippen LogP) is 4.69. The van der Waals surface area contributed by atoms with Crippen LogP contribution in [-0.4, -0.2) is 44.4 Å². The van der Waals surface area contributed by atoms with Crippen LogP contribution in [0.3, 0.4) is 0 Å². The minimum atomic E-state index is -0.266. The van der Waals surface area contributed by atoms with E-state index in [0.29, 0.717) is 36.7 Å². The summed E-state index contributed by atoms with van der Waals surface area (Å²) in [6.07, 6.45) is 7.24. The zero-order chi connectivity index (χ0) is 25.1. The topological polar surface area (TPSA) is 99.0 Å². The highest BCUT2D eigenvalue weighted by atomic mass is 16.3. The summed E-state index contributed by atoms with van der Waals surface area (Å²) in [6.45, 7) is 3.49. The Labute approximate surface area is 209 Å². The molecule has 0 radical (unpaired) electrons. The third kappa shape index (κ3) is 5.02. The fourth-order valence-corrected chi connectivity index (χ4v) is 4.68. The molecule has 5 rings (SSSR count). The lowest BCUT2D eigenvalue weighted by Crippen LogP contribution is -2.38.